The zero-order valence-corrected chi connectivity index (χ0v) is 19.1. The van der Waals surface area contributed by atoms with Gasteiger partial charge in [-0.05, 0) is 43.2 Å². The molecule has 0 spiro atoms. The van der Waals surface area contributed by atoms with E-state index in [0.29, 0.717) is 49.0 Å². The summed E-state index contributed by atoms with van der Waals surface area (Å²) in [6, 6.07) is 10.1. The van der Waals surface area contributed by atoms with Crippen LogP contribution in [0, 0.1) is 11.7 Å². The molecule has 5 rings (SSSR count). The lowest BCUT2D eigenvalue weighted by molar-refractivity contribution is -0.139. The molecular formula is C25H26ClFN4O2. The molecule has 0 aromatic heterocycles. The van der Waals surface area contributed by atoms with Crippen molar-refractivity contribution >= 4 is 35.3 Å². The Morgan fingerprint density at radius 3 is 2.55 bits per heavy atom. The molecule has 2 aromatic rings. The number of benzene rings is 2. The lowest BCUT2D eigenvalue weighted by Crippen LogP contribution is -2.52. The Bertz CT molecular complexity index is 1110. The first-order valence-corrected chi connectivity index (χ1v) is 11.8. The SMILES string of the molecule is O=C(c1ccc(F)c(CN2CN=Cc3c(Cl)cccc32)c1)N1CCN(C(=O)C2CCC2)CC1. The van der Waals surface area contributed by atoms with Crippen LogP contribution in [0.25, 0.3) is 0 Å². The number of hydrogen-bond acceptors (Lipinski definition) is 4. The number of hydrogen-bond donors (Lipinski definition) is 0. The second-order valence-electron chi connectivity index (χ2n) is 8.88. The fourth-order valence-corrected chi connectivity index (χ4v) is 4.85. The standard InChI is InChI=1S/C25H26ClFN4O2/c26-21-5-2-6-23-20(21)14-28-16-31(23)15-19-13-18(7-8-22(19)27)25(33)30-11-9-29(10-12-30)24(32)17-3-1-4-17/h2,5-8,13-14,17H,1,3-4,9-12,15-16H2. The Hall–Kier alpha value is -2.93. The normalized spacial score (nSPS) is 18.2. The highest BCUT2D eigenvalue weighted by molar-refractivity contribution is 6.33. The molecule has 8 heteroatoms. The fourth-order valence-electron chi connectivity index (χ4n) is 4.63. The minimum atomic E-state index is -0.361. The molecule has 2 aliphatic heterocycles. The largest absolute Gasteiger partial charge is 0.347 e. The lowest BCUT2D eigenvalue weighted by atomic mass is 9.84. The van der Waals surface area contributed by atoms with E-state index in [0.717, 1.165) is 30.5 Å². The minimum Gasteiger partial charge on any atom is -0.347 e. The van der Waals surface area contributed by atoms with E-state index in [1.165, 1.54) is 12.1 Å². The van der Waals surface area contributed by atoms with Crippen molar-refractivity contribution in [3.63, 3.8) is 0 Å². The third kappa shape index (κ3) is 4.34. The van der Waals surface area contributed by atoms with Gasteiger partial charge in [0.15, 0.2) is 0 Å². The number of amides is 2. The average molecular weight is 469 g/mol. The molecule has 3 aliphatic rings. The van der Waals surface area contributed by atoms with Crippen LogP contribution < -0.4 is 4.90 Å². The number of rotatable bonds is 4. The van der Waals surface area contributed by atoms with Crippen LogP contribution >= 0.6 is 11.6 Å². The molecule has 172 valence electrons. The second kappa shape index (κ2) is 9.14. The molecule has 2 aromatic carbocycles. The van der Waals surface area contributed by atoms with Crippen molar-refractivity contribution in [3.8, 4) is 0 Å². The smallest absolute Gasteiger partial charge is 0.253 e. The summed E-state index contributed by atoms with van der Waals surface area (Å²) in [7, 11) is 0. The number of carbonyl (C=O) groups is 2. The van der Waals surface area contributed by atoms with E-state index in [9.17, 15) is 14.0 Å². The Morgan fingerprint density at radius 2 is 1.82 bits per heavy atom. The van der Waals surface area contributed by atoms with Crippen molar-refractivity contribution in [1.82, 2.24) is 9.80 Å². The number of halogens is 2. The van der Waals surface area contributed by atoms with Crippen LogP contribution in [0.5, 0.6) is 0 Å². The Morgan fingerprint density at radius 1 is 1.06 bits per heavy atom. The fraction of sp³-hybridized carbons (Fsp3) is 0.400. The van der Waals surface area contributed by atoms with Gasteiger partial charge in [-0.15, -0.1) is 0 Å². The summed E-state index contributed by atoms with van der Waals surface area (Å²) in [6.07, 6.45) is 4.83. The minimum absolute atomic E-state index is 0.132. The van der Waals surface area contributed by atoms with Crippen molar-refractivity contribution in [2.75, 3.05) is 37.7 Å². The van der Waals surface area contributed by atoms with Gasteiger partial charge in [-0.3, -0.25) is 14.6 Å². The summed E-state index contributed by atoms with van der Waals surface area (Å²) in [5.41, 5.74) is 2.59. The Balaban J connectivity index is 1.27. The van der Waals surface area contributed by atoms with Crippen LogP contribution in [0.4, 0.5) is 10.1 Å². The highest BCUT2D eigenvalue weighted by atomic mass is 35.5. The van der Waals surface area contributed by atoms with E-state index in [1.54, 1.807) is 23.2 Å². The number of anilines is 1. The van der Waals surface area contributed by atoms with Gasteiger partial charge in [0.1, 0.15) is 12.5 Å². The molecule has 2 fully saturated rings. The summed E-state index contributed by atoms with van der Waals surface area (Å²) in [4.78, 5) is 35.5. The van der Waals surface area contributed by atoms with Gasteiger partial charge in [0.25, 0.3) is 5.91 Å². The molecule has 0 atom stereocenters. The summed E-state index contributed by atoms with van der Waals surface area (Å²) < 4.78 is 14.7. The zero-order chi connectivity index (χ0) is 22.9. The van der Waals surface area contributed by atoms with Gasteiger partial charge in [0.2, 0.25) is 5.91 Å². The molecule has 1 saturated carbocycles. The quantitative estimate of drug-likeness (QED) is 0.682. The summed E-state index contributed by atoms with van der Waals surface area (Å²) >= 11 is 6.29. The number of piperazine rings is 1. The summed E-state index contributed by atoms with van der Waals surface area (Å²) in [5.74, 6) is -0.0965. The number of carbonyl (C=O) groups excluding carboxylic acids is 2. The lowest BCUT2D eigenvalue weighted by Gasteiger charge is -2.38. The molecule has 2 heterocycles. The van der Waals surface area contributed by atoms with Gasteiger partial charge in [-0.1, -0.05) is 24.1 Å². The van der Waals surface area contributed by atoms with E-state index < -0.39 is 0 Å². The van der Waals surface area contributed by atoms with Crippen molar-refractivity contribution in [2.24, 2.45) is 10.9 Å². The molecular weight excluding hydrogens is 443 g/mol. The Labute approximate surface area is 197 Å². The maximum Gasteiger partial charge on any atom is 0.253 e. The van der Waals surface area contributed by atoms with E-state index >= 15 is 0 Å². The van der Waals surface area contributed by atoms with Crippen LogP contribution in [0.2, 0.25) is 5.02 Å². The van der Waals surface area contributed by atoms with Gasteiger partial charge < -0.3 is 14.7 Å². The van der Waals surface area contributed by atoms with Crippen molar-refractivity contribution < 1.29 is 14.0 Å². The summed E-state index contributed by atoms with van der Waals surface area (Å²) in [5, 5.41) is 0.597. The number of fused-ring (bicyclic) bond motifs is 1. The van der Waals surface area contributed by atoms with Crippen molar-refractivity contribution in [2.45, 2.75) is 25.8 Å². The maximum absolute atomic E-state index is 14.7. The van der Waals surface area contributed by atoms with Crippen LogP contribution in [0.15, 0.2) is 41.4 Å². The van der Waals surface area contributed by atoms with Gasteiger partial charge in [0.05, 0.1) is 5.02 Å². The summed E-state index contributed by atoms with van der Waals surface area (Å²) in [6.45, 7) is 2.77. The van der Waals surface area contributed by atoms with Gasteiger partial charge in [-0.25, -0.2) is 4.39 Å². The molecule has 0 radical (unpaired) electrons. The van der Waals surface area contributed by atoms with Crippen LogP contribution in [0.3, 0.4) is 0 Å². The van der Waals surface area contributed by atoms with Gasteiger partial charge in [-0.2, -0.15) is 0 Å². The topological polar surface area (TPSA) is 56.2 Å². The van der Waals surface area contributed by atoms with Crippen LogP contribution in [0.1, 0.15) is 40.7 Å². The highest BCUT2D eigenvalue weighted by Crippen LogP contribution is 2.31. The van der Waals surface area contributed by atoms with E-state index in [1.807, 2.05) is 21.9 Å². The second-order valence-corrected chi connectivity index (χ2v) is 9.28. The maximum atomic E-state index is 14.7. The Kier molecular flexibility index (Phi) is 6.06. The molecule has 0 bridgehead atoms. The average Bonchev–Trinajstić information content (AvgIpc) is 2.80. The zero-order valence-electron chi connectivity index (χ0n) is 18.3. The number of nitrogens with zero attached hydrogens (tertiary/aromatic N) is 4. The molecule has 1 saturated heterocycles. The van der Waals surface area contributed by atoms with Gasteiger partial charge in [0, 0.05) is 67.2 Å². The predicted molar refractivity (Wildman–Crippen MR) is 126 cm³/mol. The first kappa shape index (κ1) is 21.9. The highest BCUT2D eigenvalue weighted by Gasteiger charge is 2.32. The van der Waals surface area contributed by atoms with Crippen molar-refractivity contribution in [1.29, 1.82) is 0 Å². The van der Waals surface area contributed by atoms with E-state index in [-0.39, 0.29) is 30.1 Å². The van der Waals surface area contributed by atoms with Crippen LogP contribution in [-0.4, -0.2) is 60.7 Å². The first-order chi connectivity index (χ1) is 16.0. The number of aliphatic imine (C=N–C) groups is 1. The molecule has 6 nitrogen and oxygen atoms in total. The monoisotopic (exact) mass is 468 g/mol. The predicted octanol–water partition coefficient (Wildman–Crippen LogP) is 3.96. The molecule has 2 amide bonds. The third-order valence-electron chi connectivity index (χ3n) is 6.83. The van der Waals surface area contributed by atoms with E-state index in [4.69, 9.17) is 11.6 Å². The third-order valence-corrected chi connectivity index (χ3v) is 7.16. The molecule has 0 N–H and O–H groups in total. The van der Waals surface area contributed by atoms with E-state index in [2.05, 4.69) is 4.99 Å². The first-order valence-electron chi connectivity index (χ1n) is 11.4. The van der Waals surface area contributed by atoms with Crippen LogP contribution in [-0.2, 0) is 11.3 Å². The molecule has 33 heavy (non-hydrogen) atoms. The molecule has 0 unspecified atom stereocenters. The van der Waals surface area contributed by atoms with Gasteiger partial charge >= 0.3 is 0 Å². The molecule has 1 aliphatic carbocycles. The van der Waals surface area contributed by atoms with Crippen molar-refractivity contribution in [3.05, 3.63) is 63.9 Å².